The van der Waals surface area contributed by atoms with Crippen molar-refractivity contribution in [3.05, 3.63) is 52.9 Å². The first-order valence-corrected chi connectivity index (χ1v) is 13.0. The molecule has 12 nitrogen and oxygen atoms in total. The van der Waals surface area contributed by atoms with Crippen molar-refractivity contribution in [2.75, 3.05) is 51.0 Å². The Hall–Kier alpha value is -4.01. The first-order valence-electron chi connectivity index (χ1n) is 13.0. The van der Waals surface area contributed by atoms with E-state index in [0.717, 1.165) is 50.5 Å². The lowest BCUT2D eigenvalue weighted by Gasteiger charge is -2.55. The minimum absolute atomic E-state index is 0.00781. The first kappa shape index (κ1) is 26.2. The summed E-state index contributed by atoms with van der Waals surface area (Å²) in [6, 6.07) is 6.32. The minimum atomic E-state index is -4.69. The van der Waals surface area contributed by atoms with E-state index in [4.69, 9.17) is 9.73 Å². The van der Waals surface area contributed by atoms with Crippen molar-refractivity contribution in [1.29, 1.82) is 0 Å². The second-order valence-electron chi connectivity index (χ2n) is 10.6. The predicted octanol–water partition coefficient (Wildman–Crippen LogP) is 2.79. The highest BCUT2D eigenvalue weighted by atomic mass is 19.4. The monoisotopic (exact) mass is 562 g/mol. The van der Waals surface area contributed by atoms with Crippen molar-refractivity contribution >= 4 is 17.3 Å². The zero-order valence-electron chi connectivity index (χ0n) is 21.6. The van der Waals surface area contributed by atoms with Gasteiger partial charge in [-0.3, -0.25) is 9.88 Å². The lowest BCUT2D eigenvalue weighted by Crippen LogP contribution is -2.61. The third-order valence-corrected chi connectivity index (χ3v) is 7.81. The van der Waals surface area contributed by atoms with Gasteiger partial charge in [0.15, 0.2) is 0 Å². The van der Waals surface area contributed by atoms with E-state index in [1.807, 2.05) is 12.3 Å². The Labute approximate surface area is 227 Å². The number of amidine groups is 1. The molecule has 1 atom stereocenters. The number of anilines is 1. The van der Waals surface area contributed by atoms with Crippen LogP contribution in [0, 0.1) is 15.5 Å². The van der Waals surface area contributed by atoms with Crippen LogP contribution < -0.4 is 19.7 Å². The number of fused-ring (bicyclic) bond motifs is 1. The highest BCUT2D eigenvalue weighted by Crippen LogP contribution is 2.43. The number of benzene rings is 1. The number of nitrogens with zero attached hydrogens (tertiary/aromatic N) is 7. The molecule has 5 heterocycles. The molecule has 15 heteroatoms. The Morgan fingerprint density at radius 1 is 1.18 bits per heavy atom. The molecule has 0 saturated carbocycles. The van der Waals surface area contributed by atoms with Crippen molar-refractivity contribution in [2.45, 2.75) is 31.8 Å². The number of halogens is 3. The van der Waals surface area contributed by atoms with Gasteiger partial charge in [-0.05, 0) is 48.1 Å². The summed E-state index contributed by atoms with van der Waals surface area (Å²) in [6.45, 7) is 5.60. The number of rotatable bonds is 6. The largest absolute Gasteiger partial charge is 0.573 e. The van der Waals surface area contributed by atoms with Gasteiger partial charge in [0.1, 0.15) is 31.1 Å². The molecule has 2 fully saturated rings. The maximum Gasteiger partial charge on any atom is 0.573 e. The summed E-state index contributed by atoms with van der Waals surface area (Å²) in [4.78, 5) is 25.6. The summed E-state index contributed by atoms with van der Waals surface area (Å²) in [7, 11) is 0. The second-order valence-corrected chi connectivity index (χ2v) is 10.6. The lowest BCUT2D eigenvalue weighted by molar-refractivity contribution is -0.389. The SMILES string of the molecule is O=[N+]([O-])c1cn2c(n1)OC[C@@H](NCN1C=CC(N3CCC4(CC3)CN(c3ccc(OC(F)(F)F)cc3)C4)=NC1)C2. The van der Waals surface area contributed by atoms with Gasteiger partial charge in [-0.1, -0.05) is 0 Å². The molecular formula is C25H29F3N8O4. The summed E-state index contributed by atoms with van der Waals surface area (Å²) in [5, 5.41) is 14.3. The van der Waals surface area contributed by atoms with E-state index < -0.39 is 11.3 Å². The Kier molecular flexibility index (Phi) is 6.68. The van der Waals surface area contributed by atoms with Gasteiger partial charge in [-0.15, -0.1) is 13.2 Å². The van der Waals surface area contributed by atoms with Crippen LogP contribution >= 0.6 is 0 Å². The molecule has 0 aliphatic carbocycles. The molecule has 4 aliphatic rings. The van der Waals surface area contributed by atoms with Gasteiger partial charge in [0, 0.05) is 55.0 Å². The zero-order valence-corrected chi connectivity index (χ0v) is 21.6. The van der Waals surface area contributed by atoms with E-state index in [1.54, 1.807) is 16.7 Å². The molecule has 0 bridgehead atoms. The molecule has 0 amide bonds. The van der Waals surface area contributed by atoms with Crippen LogP contribution in [0.15, 0.2) is 47.7 Å². The molecule has 1 N–H and O–H groups in total. The van der Waals surface area contributed by atoms with Gasteiger partial charge < -0.3 is 34.3 Å². The Morgan fingerprint density at radius 2 is 1.93 bits per heavy atom. The molecule has 1 spiro atoms. The normalized spacial score (nSPS) is 21.9. The number of piperidine rings is 1. The van der Waals surface area contributed by atoms with Crippen molar-refractivity contribution < 1.29 is 27.6 Å². The predicted molar refractivity (Wildman–Crippen MR) is 138 cm³/mol. The van der Waals surface area contributed by atoms with Gasteiger partial charge in [0.2, 0.25) is 0 Å². The first-order chi connectivity index (χ1) is 19.1. The summed E-state index contributed by atoms with van der Waals surface area (Å²) >= 11 is 0. The number of aromatic nitrogens is 2. The number of nitrogens with one attached hydrogen (secondary N) is 1. The van der Waals surface area contributed by atoms with Gasteiger partial charge in [0.25, 0.3) is 0 Å². The second kappa shape index (κ2) is 10.2. The highest BCUT2D eigenvalue weighted by molar-refractivity contribution is 5.93. The van der Waals surface area contributed by atoms with Gasteiger partial charge >= 0.3 is 18.2 Å². The molecule has 6 rings (SSSR count). The van der Waals surface area contributed by atoms with Crippen molar-refractivity contribution in [1.82, 2.24) is 24.7 Å². The van der Waals surface area contributed by atoms with E-state index in [-0.39, 0.29) is 29.0 Å². The lowest BCUT2D eigenvalue weighted by atomic mass is 9.71. The third kappa shape index (κ3) is 5.64. The smallest absolute Gasteiger partial charge is 0.444 e. The minimum Gasteiger partial charge on any atom is -0.444 e. The van der Waals surface area contributed by atoms with Gasteiger partial charge in [0.05, 0.1) is 12.7 Å². The standard InChI is InChI=1S/C25H29F3N8O4/c26-25(27,28)40-20-3-1-19(2-4-20)35-14-24(15-35)6-9-33(10-7-24)21-5-8-32(17-30-21)16-29-18-11-34-12-22(36(37)38)31-23(34)39-13-18/h1-5,8,12,18,29H,6-7,9-11,13-17H2/t18-/m0/s1. The van der Waals surface area contributed by atoms with E-state index >= 15 is 0 Å². The molecule has 0 radical (unpaired) electrons. The molecule has 4 aliphatic heterocycles. The maximum atomic E-state index is 12.4. The number of hydrogen-bond acceptors (Lipinski definition) is 10. The Morgan fingerprint density at radius 3 is 2.58 bits per heavy atom. The van der Waals surface area contributed by atoms with Crippen molar-refractivity contribution in [3.8, 4) is 11.8 Å². The number of aliphatic imine (C=N–C) groups is 1. The molecule has 0 unspecified atom stereocenters. The molecular weight excluding hydrogens is 533 g/mol. The fraction of sp³-hybridized carbons (Fsp3) is 0.520. The molecule has 1 aromatic carbocycles. The number of imidazole rings is 1. The molecule has 214 valence electrons. The van der Waals surface area contributed by atoms with Crippen LogP contribution in [-0.4, -0.2) is 88.6 Å². The quantitative estimate of drug-likeness (QED) is 0.420. The van der Waals surface area contributed by atoms with Crippen LogP contribution in [0.4, 0.5) is 24.7 Å². The summed E-state index contributed by atoms with van der Waals surface area (Å²) in [5.41, 5.74) is 1.13. The Balaban J connectivity index is 0.924. The van der Waals surface area contributed by atoms with Crippen molar-refractivity contribution in [2.24, 2.45) is 10.4 Å². The average molecular weight is 563 g/mol. The zero-order chi connectivity index (χ0) is 27.9. The number of alkyl halides is 3. The van der Waals surface area contributed by atoms with Crippen LogP contribution in [0.3, 0.4) is 0 Å². The van der Waals surface area contributed by atoms with E-state index in [9.17, 15) is 23.3 Å². The Bertz CT molecular complexity index is 1300. The number of hydrogen-bond donors (Lipinski definition) is 1. The van der Waals surface area contributed by atoms with Crippen molar-refractivity contribution in [3.63, 3.8) is 0 Å². The summed E-state index contributed by atoms with van der Waals surface area (Å²) in [5.74, 6) is 0.543. The van der Waals surface area contributed by atoms with Crippen LogP contribution in [0.25, 0.3) is 0 Å². The van der Waals surface area contributed by atoms with Crippen LogP contribution in [0.5, 0.6) is 11.8 Å². The van der Waals surface area contributed by atoms with E-state index in [2.05, 4.69) is 29.7 Å². The fourth-order valence-electron chi connectivity index (χ4n) is 5.63. The number of ether oxygens (including phenoxy) is 2. The van der Waals surface area contributed by atoms with Gasteiger partial charge in [-0.2, -0.15) is 0 Å². The fourth-order valence-corrected chi connectivity index (χ4v) is 5.63. The molecule has 2 saturated heterocycles. The average Bonchev–Trinajstić information content (AvgIpc) is 3.35. The van der Waals surface area contributed by atoms with Crippen LogP contribution in [-0.2, 0) is 6.54 Å². The molecule has 2 aromatic rings. The number of nitro groups is 1. The molecule has 40 heavy (non-hydrogen) atoms. The highest BCUT2D eigenvalue weighted by Gasteiger charge is 2.45. The van der Waals surface area contributed by atoms with Crippen LogP contribution in [0.2, 0.25) is 0 Å². The maximum absolute atomic E-state index is 12.4. The van der Waals surface area contributed by atoms with E-state index in [0.29, 0.717) is 26.5 Å². The topological polar surface area (TPSA) is 114 Å². The summed E-state index contributed by atoms with van der Waals surface area (Å²) < 4.78 is 48.3. The third-order valence-electron chi connectivity index (χ3n) is 7.81. The summed E-state index contributed by atoms with van der Waals surface area (Å²) in [6.07, 6.45) is 2.82. The molecule has 1 aromatic heterocycles. The van der Waals surface area contributed by atoms with Crippen LogP contribution in [0.1, 0.15) is 12.8 Å². The van der Waals surface area contributed by atoms with E-state index in [1.165, 1.54) is 18.3 Å². The number of likely N-dealkylation sites (tertiary alicyclic amines) is 1. The van der Waals surface area contributed by atoms with Gasteiger partial charge in [-0.25, -0.2) is 4.99 Å².